The summed E-state index contributed by atoms with van der Waals surface area (Å²) in [6.45, 7) is 3.41. The maximum atomic E-state index is 12.7. The molecule has 4 rings (SSSR count). The summed E-state index contributed by atoms with van der Waals surface area (Å²) in [5.41, 5.74) is 2.03. The predicted molar refractivity (Wildman–Crippen MR) is 94.6 cm³/mol. The number of rotatable bonds is 3. The Morgan fingerprint density at radius 3 is 2.68 bits per heavy atom. The zero-order valence-corrected chi connectivity index (χ0v) is 14.3. The van der Waals surface area contributed by atoms with Crippen molar-refractivity contribution in [3.63, 3.8) is 0 Å². The number of nitrogens with zero attached hydrogens (tertiary/aromatic N) is 3. The van der Waals surface area contributed by atoms with Gasteiger partial charge in [0.1, 0.15) is 11.6 Å². The summed E-state index contributed by atoms with van der Waals surface area (Å²) in [4.78, 5) is 14.7. The molecule has 130 valence electrons. The van der Waals surface area contributed by atoms with E-state index in [1.54, 1.807) is 0 Å². The molecule has 1 atom stereocenters. The van der Waals surface area contributed by atoms with Crippen molar-refractivity contribution in [2.45, 2.75) is 38.3 Å². The largest absolute Gasteiger partial charge is 0.480 e. The molecule has 0 spiro atoms. The van der Waals surface area contributed by atoms with E-state index in [4.69, 9.17) is 4.74 Å². The van der Waals surface area contributed by atoms with Crippen LogP contribution in [0.25, 0.3) is 0 Å². The van der Waals surface area contributed by atoms with Crippen molar-refractivity contribution >= 4 is 11.7 Å². The van der Waals surface area contributed by atoms with Gasteiger partial charge in [0.2, 0.25) is 0 Å². The smallest absolute Gasteiger partial charge is 0.263 e. The van der Waals surface area contributed by atoms with Gasteiger partial charge in [-0.05, 0) is 43.5 Å². The minimum atomic E-state index is -0.370. The fourth-order valence-electron chi connectivity index (χ4n) is 3.45. The Morgan fingerprint density at radius 1 is 1.16 bits per heavy atom. The Balaban J connectivity index is 1.30. The lowest BCUT2D eigenvalue weighted by molar-refractivity contribution is -0.138. The maximum absolute atomic E-state index is 12.7. The Morgan fingerprint density at radius 2 is 1.96 bits per heavy atom. The van der Waals surface area contributed by atoms with E-state index in [1.807, 2.05) is 48.2 Å². The van der Waals surface area contributed by atoms with Crippen molar-refractivity contribution < 1.29 is 9.53 Å². The maximum Gasteiger partial charge on any atom is 0.263 e. The van der Waals surface area contributed by atoms with Gasteiger partial charge in [-0.1, -0.05) is 18.2 Å². The van der Waals surface area contributed by atoms with Crippen molar-refractivity contribution in [3.05, 3.63) is 47.7 Å². The first-order chi connectivity index (χ1) is 12.2. The van der Waals surface area contributed by atoms with Crippen LogP contribution in [-0.4, -0.2) is 46.2 Å². The highest BCUT2D eigenvalue weighted by Gasteiger charge is 2.33. The van der Waals surface area contributed by atoms with Gasteiger partial charge in [-0.2, -0.15) is 5.10 Å². The van der Waals surface area contributed by atoms with Crippen molar-refractivity contribution in [2.24, 2.45) is 0 Å². The number of amides is 1. The van der Waals surface area contributed by atoms with E-state index in [9.17, 15) is 4.79 Å². The Labute approximate surface area is 147 Å². The number of nitrogens with one attached hydrogen (secondary N) is 1. The summed E-state index contributed by atoms with van der Waals surface area (Å²) in [5, 5.41) is 11.6. The minimum Gasteiger partial charge on any atom is -0.480 e. The summed E-state index contributed by atoms with van der Waals surface area (Å²) < 4.78 is 5.83. The van der Waals surface area contributed by atoms with Crippen molar-refractivity contribution in [2.75, 3.05) is 18.4 Å². The van der Waals surface area contributed by atoms with Crippen LogP contribution >= 0.6 is 0 Å². The van der Waals surface area contributed by atoms with E-state index in [2.05, 4.69) is 15.5 Å². The van der Waals surface area contributed by atoms with Crippen LogP contribution in [0.3, 0.4) is 0 Å². The molecule has 2 aliphatic rings. The highest BCUT2D eigenvalue weighted by Crippen LogP contribution is 2.29. The molecule has 0 saturated carbocycles. The highest BCUT2D eigenvalue weighted by atomic mass is 16.5. The molecule has 0 unspecified atom stereocenters. The van der Waals surface area contributed by atoms with Gasteiger partial charge in [0.05, 0.1) is 5.69 Å². The highest BCUT2D eigenvalue weighted by molar-refractivity contribution is 5.82. The number of likely N-dealkylation sites (tertiary alicyclic amines) is 1. The predicted octanol–water partition coefficient (Wildman–Crippen LogP) is 2.19. The molecule has 1 saturated heterocycles. The molecule has 1 N–H and O–H groups in total. The normalized spacial score (nSPS) is 20.0. The number of para-hydroxylation sites is 1. The first kappa shape index (κ1) is 15.9. The zero-order chi connectivity index (χ0) is 17.2. The average molecular weight is 338 g/mol. The molecule has 25 heavy (non-hydrogen) atoms. The Bertz CT molecular complexity index is 729. The number of benzene rings is 1. The van der Waals surface area contributed by atoms with Crippen LogP contribution in [0.2, 0.25) is 0 Å². The van der Waals surface area contributed by atoms with Gasteiger partial charge in [0.15, 0.2) is 6.10 Å². The zero-order valence-electron chi connectivity index (χ0n) is 14.3. The third-order valence-corrected chi connectivity index (χ3v) is 4.88. The lowest BCUT2D eigenvalue weighted by atomic mass is 10.0. The van der Waals surface area contributed by atoms with E-state index in [0.717, 1.165) is 48.8 Å². The summed E-state index contributed by atoms with van der Waals surface area (Å²) in [7, 11) is 0. The van der Waals surface area contributed by atoms with Crippen LogP contribution in [-0.2, 0) is 11.2 Å². The van der Waals surface area contributed by atoms with Crippen molar-refractivity contribution in [1.29, 1.82) is 0 Å². The van der Waals surface area contributed by atoms with E-state index >= 15 is 0 Å². The third-order valence-electron chi connectivity index (χ3n) is 4.88. The molecule has 2 aliphatic heterocycles. The number of anilines is 1. The van der Waals surface area contributed by atoms with E-state index in [-0.39, 0.29) is 12.0 Å². The second-order valence-corrected chi connectivity index (χ2v) is 6.72. The number of carbonyl (C=O) groups excluding carboxylic acids is 1. The number of fused-ring (bicyclic) bond motifs is 1. The fourth-order valence-corrected chi connectivity index (χ4v) is 3.45. The Kier molecular flexibility index (Phi) is 4.26. The number of ether oxygens (including phenoxy) is 1. The molecule has 0 radical (unpaired) electrons. The number of aryl methyl sites for hydroxylation is 1. The van der Waals surface area contributed by atoms with Gasteiger partial charge in [0.25, 0.3) is 5.91 Å². The quantitative estimate of drug-likeness (QED) is 0.929. The van der Waals surface area contributed by atoms with Crippen LogP contribution in [0.4, 0.5) is 5.82 Å². The topological polar surface area (TPSA) is 67.4 Å². The van der Waals surface area contributed by atoms with Gasteiger partial charge in [-0.15, -0.1) is 5.10 Å². The number of hydrogen-bond acceptors (Lipinski definition) is 5. The fraction of sp³-hybridized carbons (Fsp3) is 0.421. The standard InChI is InChI=1S/C19H22N4O2/c1-13-6-7-18(22-21-13)20-15-8-10-23(11-9-15)19(24)17-12-14-4-2-3-5-16(14)25-17/h2-7,15,17H,8-12H2,1H3,(H,20,22)/t17-/m1/s1. The molecule has 1 fully saturated rings. The monoisotopic (exact) mass is 338 g/mol. The molecule has 1 aromatic carbocycles. The average Bonchev–Trinajstić information content (AvgIpc) is 3.08. The molecular weight excluding hydrogens is 316 g/mol. The molecule has 6 heteroatoms. The van der Waals surface area contributed by atoms with Crippen LogP contribution in [0.5, 0.6) is 5.75 Å². The third kappa shape index (κ3) is 3.43. The summed E-state index contributed by atoms with van der Waals surface area (Å²) >= 11 is 0. The molecule has 0 bridgehead atoms. The van der Waals surface area contributed by atoms with Gasteiger partial charge in [-0.25, -0.2) is 0 Å². The Hall–Kier alpha value is -2.63. The number of carbonyl (C=O) groups is 1. The van der Waals surface area contributed by atoms with Crippen molar-refractivity contribution in [1.82, 2.24) is 15.1 Å². The molecule has 1 aromatic heterocycles. The van der Waals surface area contributed by atoms with Crippen LogP contribution in [0.15, 0.2) is 36.4 Å². The van der Waals surface area contributed by atoms with Gasteiger partial charge < -0.3 is 15.0 Å². The first-order valence-electron chi connectivity index (χ1n) is 8.79. The van der Waals surface area contributed by atoms with Crippen LogP contribution in [0, 0.1) is 6.92 Å². The van der Waals surface area contributed by atoms with Crippen molar-refractivity contribution in [3.8, 4) is 5.75 Å². The molecule has 3 heterocycles. The molecule has 2 aromatic rings. The molecule has 0 aliphatic carbocycles. The molecule has 1 amide bonds. The van der Waals surface area contributed by atoms with Gasteiger partial charge in [0, 0.05) is 25.6 Å². The van der Waals surface area contributed by atoms with Gasteiger partial charge in [-0.3, -0.25) is 4.79 Å². The lowest BCUT2D eigenvalue weighted by Gasteiger charge is -2.33. The second-order valence-electron chi connectivity index (χ2n) is 6.72. The number of piperidine rings is 1. The SMILES string of the molecule is Cc1ccc(NC2CCN(C(=O)[C@H]3Cc4ccccc4O3)CC2)nn1. The number of hydrogen-bond donors (Lipinski definition) is 1. The summed E-state index contributed by atoms with van der Waals surface area (Å²) in [6.07, 6.45) is 2.11. The number of aromatic nitrogens is 2. The van der Waals surface area contributed by atoms with E-state index < -0.39 is 0 Å². The van der Waals surface area contributed by atoms with Crippen LogP contribution in [0.1, 0.15) is 24.1 Å². The second kappa shape index (κ2) is 6.70. The lowest BCUT2D eigenvalue weighted by Crippen LogP contribution is -2.47. The van der Waals surface area contributed by atoms with E-state index in [0.29, 0.717) is 12.5 Å². The minimum absolute atomic E-state index is 0.102. The van der Waals surface area contributed by atoms with E-state index in [1.165, 1.54) is 0 Å². The first-order valence-corrected chi connectivity index (χ1v) is 8.79. The summed E-state index contributed by atoms with van der Waals surface area (Å²) in [6, 6.07) is 12.1. The molecular formula is C19H22N4O2. The van der Waals surface area contributed by atoms with Gasteiger partial charge >= 0.3 is 0 Å². The summed E-state index contributed by atoms with van der Waals surface area (Å²) in [5.74, 6) is 1.74. The van der Waals surface area contributed by atoms with Crippen LogP contribution < -0.4 is 10.1 Å². The molecule has 6 nitrogen and oxygen atoms in total.